The van der Waals surface area contributed by atoms with Crippen molar-refractivity contribution in [3.05, 3.63) is 91.6 Å². The van der Waals surface area contributed by atoms with E-state index in [0.717, 1.165) is 62.1 Å². The maximum atomic E-state index is 13.8. The predicted octanol–water partition coefficient (Wildman–Crippen LogP) is 6.75. The second-order valence-electron chi connectivity index (χ2n) is 12.1. The van der Waals surface area contributed by atoms with Gasteiger partial charge in [-0.1, -0.05) is 73.7 Å². The smallest absolute Gasteiger partial charge is 0.270 e. The molecule has 1 aromatic heterocycles. The molecule has 0 N–H and O–H groups in total. The zero-order chi connectivity index (χ0) is 33.5. The number of carbonyl (C=O) groups excluding carboxylic acids is 1. The fraction of sp³-hybridized carbons (Fsp3) is 0.405. The quantitative estimate of drug-likeness (QED) is 0.155. The molecule has 0 spiro atoms. The molecule has 0 saturated carbocycles. The van der Waals surface area contributed by atoms with Crippen molar-refractivity contribution in [2.24, 2.45) is 5.92 Å². The molecule has 246 valence electrons. The average molecular weight is 671 g/mol. The lowest BCUT2D eigenvalue weighted by molar-refractivity contribution is -0.122. The minimum absolute atomic E-state index is 0.124. The summed E-state index contributed by atoms with van der Waals surface area (Å²) in [5.41, 5.74) is 3.55. The van der Waals surface area contributed by atoms with Crippen molar-refractivity contribution in [3.8, 4) is 17.6 Å². The number of rotatable bonds is 12. The summed E-state index contributed by atoms with van der Waals surface area (Å²) in [4.78, 5) is 32.0. The molecule has 8 nitrogen and oxygen atoms in total. The van der Waals surface area contributed by atoms with E-state index in [4.69, 9.17) is 21.7 Å². The number of hydrogen-bond donors (Lipinski definition) is 0. The first-order valence-corrected chi connectivity index (χ1v) is 17.4. The van der Waals surface area contributed by atoms with Gasteiger partial charge < -0.3 is 14.4 Å². The molecule has 2 aliphatic rings. The van der Waals surface area contributed by atoms with E-state index in [1.165, 1.54) is 17.3 Å². The maximum absolute atomic E-state index is 13.8. The zero-order valence-electron chi connectivity index (χ0n) is 27.6. The molecule has 2 aliphatic heterocycles. The van der Waals surface area contributed by atoms with Crippen LogP contribution >= 0.6 is 24.0 Å². The number of ether oxygens (including phenoxy) is 2. The van der Waals surface area contributed by atoms with Gasteiger partial charge in [0.25, 0.3) is 11.5 Å². The van der Waals surface area contributed by atoms with Gasteiger partial charge in [-0.2, -0.15) is 5.26 Å². The highest BCUT2D eigenvalue weighted by molar-refractivity contribution is 8.26. The Hall–Kier alpha value is -4.07. The molecule has 0 unspecified atom stereocenters. The number of nitriles is 1. The van der Waals surface area contributed by atoms with Crippen LogP contribution in [0.5, 0.6) is 11.5 Å². The first-order chi connectivity index (χ1) is 22.8. The average Bonchev–Trinajstić information content (AvgIpc) is 3.36. The highest BCUT2D eigenvalue weighted by Gasteiger charge is 2.34. The molecule has 3 heterocycles. The van der Waals surface area contributed by atoms with Crippen LogP contribution in [0.2, 0.25) is 0 Å². The van der Waals surface area contributed by atoms with E-state index in [9.17, 15) is 14.9 Å². The van der Waals surface area contributed by atoms with Crippen molar-refractivity contribution in [1.82, 2.24) is 9.47 Å². The van der Waals surface area contributed by atoms with Gasteiger partial charge in [0.1, 0.15) is 21.8 Å². The number of hydrogen-bond acceptors (Lipinski definition) is 8. The molecule has 3 aromatic rings. The fourth-order valence-corrected chi connectivity index (χ4v) is 7.70. The molecule has 0 radical (unpaired) electrons. The van der Waals surface area contributed by atoms with Crippen LogP contribution in [-0.2, 0) is 24.2 Å². The predicted molar refractivity (Wildman–Crippen MR) is 193 cm³/mol. The number of carbonyl (C=O) groups is 1. The molecule has 0 aliphatic carbocycles. The Morgan fingerprint density at radius 3 is 2.40 bits per heavy atom. The number of anilines is 1. The molecule has 2 fully saturated rings. The number of nitrogens with zero attached hydrogens (tertiary/aromatic N) is 4. The largest absolute Gasteiger partial charge is 0.493 e. The SMILES string of the molecule is CCCCn1c(N2CCC(Cc3ccccc3)CC2)c(/C=C2\SC(=S)N(CCc3ccc(OC)c(OC)c3)C2=O)c(C)c(C#N)c1=O. The Balaban J connectivity index is 1.45. The van der Waals surface area contributed by atoms with Gasteiger partial charge in [0.15, 0.2) is 11.5 Å². The summed E-state index contributed by atoms with van der Waals surface area (Å²) >= 11 is 6.96. The third kappa shape index (κ3) is 7.58. The van der Waals surface area contributed by atoms with E-state index >= 15 is 0 Å². The van der Waals surface area contributed by atoms with Gasteiger partial charge in [0, 0.05) is 31.7 Å². The number of methoxy groups -OCH3 is 2. The van der Waals surface area contributed by atoms with Gasteiger partial charge in [0.2, 0.25) is 0 Å². The fourth-order valence-electron chi connectivity index (χ4n) is 6.41. The maximum Gasteiger partial charge on any atom is 0.270 e. The summed E-state index contributed by atoms with van der Waals surface area (Å²) in [6.45, 7) is 6.42. The van der Waals surface area contributed by atoms with Gasteiger partial charge in [-0.25, -0.2) is 0 Å². The molecule has 1 amide bonds. The van der Waals surface area contributed by atoms with Crippen molar-refractivity contribution in [2.45, 2.75) is 58.9 Å². The summed E-state index contributed by atoms with van der Waals surface area (Å²) in [5, 5.41) is 10.1. The van der Waals surface area contributed by atoms with Gasteiger partial charge in [-0.3, -0.25) is 19.1 Å². The standard InChI is InChI=1S/C37H42N4O4S2/c1-5-6-17-40-34(39-18-14-28(15-19-39)21-26-10-8-7-9-11-26)29(25(2)30(24-38)35(40)42)23-33-36(43)41(37(46)47-33)20-16-27-12-13-31(44-3)32(22-27)45-4/h7-13,22-23,28H,5-6,14-21H2,1-4H3/b33-23-. The summed E-state index contributed by atoms with van der Waals surface area (Å²) < 4.78 is 13.1. The van der Waals surface area contributed by atoms with Crippen LogP contribution in [0.3, 0.4) is 0 Å². The number of unbranched alkanes of at least 4 members (excludes halogenated alkanes) is 1. The van der Waals surface area contributed by atoms with Crippen molar-refractivity contribution < 1.29 is 14.3 Å². The Kier molecular flexibility index (Phi) is 11.4. The van der Waals surface area contributed by atoms with Crippen LogP contribution in [0.4, 0.5) is 5.82 Å². The molecule has 0 bridgehead atoms. The number of benzene rings is 2. The number of thiocarbonyl (C=S) groups is 1. The Morgan fingerprint density at radius 2 is 1.74 bits per heavy atom. The van der Waals surface area contributed by atoms with Crippen molar-refractivity contribution in [3.63, 3.8) is 0 Å². The third-order valence-electron chi connectivity index (χ3n) is 9.08. The Morgan fingerprint density at radius 1 is 1.02 bits per heavy atom. The van der Waals surface area contributed by atoms with Crippen molar-refractivity contribution in [2.75, 3.05) is 38.8 Å². The summed E-state index contributed by atoms with van der Waals surface area (Å²) in [6, 6.07) is 18.5. The molecular formula is C37H42N4O4S2. The van der Waals surface area contributed by atoms with Crippen LogP contribution < -0.4 is 19.9 Å². The second-order valence-corrected chi connectivity index (χ2v) is 13.7. The lowest BCUT2D eigenvalue weighted by Gasteiger charge is -2.36. The van der Waals surface area contributed by atoms with Crippen LogP contribution in [0.1, 0.15) is 60.4 Å². The normalized spacial score (nSPS) is 16.2. The number of pyridine rings is 1. The number of piperidine rings is 1. The van der Waals surface area contributed by atoms with Gasteiger partial charge >= 0.3 is 0 Å². The van der Waals surface area contributed by atoms with E-state index in [1.54, 1.807) is 23.7 Å². The first-order valence-electron chi connectivity index (χ1n) is 16.2. The molecule has 5 rings (SSSR count). The molecule has 47 heavy (non-hydrogen) atoms. The monoisotopic (exact) mass is 670 g/mol. The number of thioether (sulfide) groups is 1. The van der Waals surface area contributed by atoms with E-state index in [0.29, 0.717) is 51.7 Å². The minimum atomic E-state index is -0.264. The lowest BCUT2D eigenvalue weighted by atomic mass is 9.90. The van der Waals surface area contributed by atoms with E-state index < -0.39 is 0 Å². The summed E-state index contributed by atoms with van der Waals surface area (Å²) in [7, 11) is 3.20. The summed E-state index contributed by atoms with van der Waals surface area (Å²) in [5.74, 6) is 2.46. The molecule has 2 saturated heterocycles. The van der Waals surface area contributed by atoms with Crippen LogP contribution in [0, 0.1) is 24.2 Å². The topological polar surface area (TPSA) is 87.8 Å². The highest BCUT2D eigenvalue weighted by Crippen LogP contribution is 2.37. The first kappa shape index (κ1) is 34.3. The van der Waals surface area contributed by atoms with Crippen molar-refractivity contribution in [1.29, 1.82) is 5.26 Å². The number of amides is 1. The molecule has 0 atom stereocenters. The Labute approximate surface area is 287 Å². The van der Waals surface area contributed by atoms with Crippen molar-refractivity contribution >= 4 is 46.1 Å². The van der Waals surface area contributed by atoms with Crippen LogP contribution in [-0.4, -0.2) is 53.5 Å². The Bertz CT molecular complexity index is 1750. The zero-order valence-corrected chi connectivity index (χ0v) is 29.2. The minimum Gasteiger partial charge on any atom is -0.493 e. The number of aromatic nitrogens is 1. The molecule has 10 heteroatoms. The summed E-state index contributed by atoms with van der Waals surface area (Å²) in [6.07, 6.45) is 7.18. The van der Waals surface area contributed by atoms with E-state index in [-0.39, 0.29) is 17.0 Å². The van der Waals surface area contributed by atoms with E-state index in [1.807, 2.05) is 37.3 Å². The van der Waals surface area contributed by atoms with Gasteiger partial charge in [-0.05, 0) is 79.8 Å². The van der Waals surface area contributed by atoms with E-state index in [2.05, 4.69) is 42.2 Å². The molecular weight excluding hydrogens is 629 g/mol. The van der Waals surface area contributed by atoms with Gasteiger partial charge in [-0.15, -0.1) is 0 Å². The second kappa shape index (κ2) is 15.7. The lowest BCUT2D eigenvalue weighted by Crippen LogP contribution is -2.40. The molecule has 2 aromatic carbocycles. The van der Waals surface area contributed by atoms with Crippen LogP contribution in [0.25, 0.3) is 6.08 Å². The third-order valence-corrected chi connectivity index (χ3v) is 10.5. The highest BCUT2D eigenvalue weighted by atomic mass is 32.2. The van der Waals surface area contributed by atoms with Gasteiger partial charge in [0.05, 0.1) is 19.1 Å². The van der Waals surface area contributed by atoms with Crippen LogP contribution in [0.15, 0.2) is 58.2 Å².